The van der Waals surface area contributed by atoms with Gasteiger partial charge in [0.1, 0.15) is 9.84 Å². The van der Waals surface area contributed by atoms with E-state index >= 15 is 0 Å². The first kappa shape index (κ1) is 15.9. The fourth-order valence-electron chi connectivity index (χ4n) is 1.80. The van der Waals surface area contributed by atoms with Crippen molar-refractivity contribution < 1.29 is 16.8 Å². The predicted molar refractivity (Wildman–Crippen MR) is 67.1 cm³/mol. The molecule has 0 amide bonds. The molecule has 0 saturated heterocycles. The molecule has 0 aromatic heterocycles. The molecule has 1 unspecified atom stereocenters. The lowest BCUT2D eigenvalue weighted by Crippen LogP contribution is -2.41. The zero-order valence-corrected chi connectivity index (χ0v) is 12.3. The molecule has 0 fully saturated rings. The molecule has 0 aromatic carbocycles. The third kappa shape index (κ3) is 4.05. The smallest absolute Gasteiger partial charge is 0.159 e. The zero-order chi connectivity index (χ0) is 13.2. The third-order valence-electron chi connectivity index (χ3n) is 2.69. The van der Waals surface area contributed by atoms with Crippen molar-refractivity contribution in [1.82, 2.24) is 0 Å². The fraction of sp³-hybridized carbons (Fsp3) is 1.00. The molecule has 0 aliphatic heterocycles. The average Bonchev–Trinajstić information content (AvgIpc) is 2.00. The summed E-state index contributed by atoms with van der Waals surface area (Å²) in [6.07, 6.45) is 2.37. The van der Waals surface area contributed by atoms with Gasteiger partial charge in [0.15, 0.2) is 9.84 Å². The van der Waals surface area contributed by atoms with Crippen LogP contribution in [0.25, 0.3) is 0 Å². The van der Waals surface area contributed by atoms with Gasteiger partial charge in [0.05, 0.1) is 15.7 Å². The predicted octanol–water partition coefficient (Wildman–Crippen LogP) is 1.41. The molecule has 0 radical (unpaired) electrons. The van der Waals surface area contributed by atoms with E-state index < -0.39 is 29.7 Å². The van der Waals surface area contributed by atoms with E-state index in [1.165, 1.54) is 6.92 Å². The van der Waals surface area contributed by atoms with Gasteiger partial charge in [-0.3, -0.25) is 0 Å². The Balaban J connectivity index is 5.07. The second-order valence-corrected chi connectivity index (χ2v) is 10.1. The monoisotopic (exact) mass is 270 g/mol. The molecule has 0 spiro atoms. The Morgan fingerprint density at radius 2 is 1.56 bits per heavy atom. The maximum Gasteiger partial charge on any atom is 0.159 e. The van der Waals surface area contributed by atoms with Crippen LogP contribution >= 0.6 is 0 Å². The van der Waals surface area contributed by atoms with Gasteiger partial charge in [-0.25, -0.2) is 16.8 Å². The van der Waals surface area contributed by atoms with Crippen LogP contribution in [-0.4, -0.2) is 38.8 Å². The van der Waals surface area contributed by atoms with Crippen LogP contribution in [0.1, 0.15) is 40.5 Å². The molecule has 6 heteroatoms. The Morgan fingerprint density at radius 3 is 1.88 bits per heavy atom. The summed E-state index contributed by atoms with van der Waals surface area (Å²) in [4.78, 5) is 0. The molecule has 16 heavy (non-hydrogen) atoms. The van der Waals surface area contributed by atoms with Crippen molar-refractivity contribution in [1.29, 1.82) is 0 Å². The van der Waals surface area contributed by atoms with Gasteiger partial charge < -0.3 is 0 Å². The van der Waals surface area contributed by atoms with Crippen LogP contribution in [0.3, 0.4) is 0 Å². The summed E-state index contributed by atoms with van der Waals surface area (Å²) in [7, 11) is -6.67. The summed E-state index contributed by atoms with van der Waals surface area (Å²) >= 11 is 0. The molecule has 1 atom stereocenters. The standard InChI is InChI=1S/C10H22O4S2/c1-6-7-10(3,4)16(13,14)9(2)8-15(5,11)12/h9H,6-8H2,1-5H3. The first-order valence-corrected chi connectivity index (χ1v) is 8.96. The van der Waals surface area contributed by atoms with E-state index in [0.29, 0.717) is 6.42 Å². The lowest BCUT2D eigenvalue weighted by atomic mass is 10.1. The van der Waals surface area contributed by atoms with Crippen molar-refractivity contribution in [2.45, 2.75) is 50.5 Å². The highest BCUT2D eigenvalue weighted by molar-refractivity contribution is 7.96. The maximum atomic E-state index is 12.2. The number of rotatable bonds is 6. The molecule has 0 bridgehead atoms. The highest BCUT2D eigenvalue weighted by Crippen LogP contribution is 2.27. The quantitative estimate of drug-likeness (QED) is 0.732. The molecule has 0 aliphatic rings. The summed E-state index contributed by atoms with van der Waals surface area (Å²) in [6.45, 7) is 6.70. The summed E-state index contributed by atoms with van der Waals surface area (Å²) in [5.41, 5.74) is 0. The van der Waals surface area contributed by atoms with Crippen LogP contribution in [0.15, 0.2) is 0 Å². The van der Waals surface area contributed by atoms with Crippen molar-refractivity contribution in [2.75, 3.05) is 12.0 Å². The van der Waals surface area contributed by atoms with Crippen LogP contribution < -0.4 is 0 Å². The number of hydrogen-bond acceptors (Lipinski definition) is 4. The van der Waals surface area contributed by atoms with Gasteiger partial charge in [-0.15, -0.1) is 0 Å². The van der Waals surface area contributed by atoms with Crippen molar-refractivity contribution in [3.8, 4) is 0 Å². The SMILES string of the molecule is CCCC(C)(C)S(=O)(=O)C(C)CS(C)(=O)=O. The maximum absolute atomic E-state index is 12.2. The number of sulfone groups is 2. The second-order valence-electron chi connectivity index (χ2n) is 4.96. The van der Waals surface area contributed by atoms with E-state index in [0.717, 1.165) is 12.7 Å². The van der Waals surface area contributed by atoms with Crippen LogP contribution in [0.4, 0.5) is 0 Å². The third-order valence-corrected chi connectivity index (χ3v) is 6.98. The Hall–Kier alpha value is -0.100. The summed E-state index contributed by atoms with van der Waals surface area (Å²) in [5.74, 6) is -0.303. The van der Waals surface area contributed by atoms with Crippen LogP contribution in [0.2, 0.25) is 0 Å². The molecular formula is C10H22O4S2. The Bertz CT molecular complexity index is 418. The lowest BCUT2D eigenvalue weighted by Gasteiger charge is -2.27. The second kappa shape index (κ2) is 5.04. The van der Waals surface area contributed by atoms with Gasteiger partial charge in [-0.1, -0.05) is 13.3 Å². The van der Waals surface area contributed by atoms with Gasteiger partial charge in [0.25, 0.3) is 0 Å². The Kier molecular flexibility index (Phi) is 5.01. The van der Waals surface area contributed by atoms with E-state index in [2.05, 4.69) is 0 Å². The van der Waals surface area contributed by atoms with E-state index in [-0.39, 0.29) is 5.75 Å². The molecule has 0 aromatic rings. The summed E-state index contributed by atoms with van der Waals surface area (Å²) in [6, 6.07) is 0. The van der Waals surface area contributed by atoms with Crippen LogP contribution in [0.5, 0.6) is 0 Å². The fourth-order valence-corrected chi connectivity index (χ4v) is 5.69. The Labute approximate surface area is 99.3 Å². The number of hydrogen-bond donors (Lipinski definition) is 0. The van der Waals surface area contributed by atoms with Gasteiger partial charge in [0, 0.05) is 6.26 Å². The van der Waals surface area contributed by atoms with Crippen LogP contribution in [0, 0.1) is 0 Å². The summed E-state index contributed by atoms with van der Waals surface area (Å²) in [5, 5.41) is -0.843. The van der Waals surface area contributed by atoms with Gasteiger partial charge in [-0.2, -0.15) is 0 Å². The van der Waals surface area contributed by atoms with E-state index in [9.17, 15) is 16.8 Å². The minimum Gasteiger partial charge on any atom is -0.229 e. The molecule has 0 aliphatic carbocycles. The molecule has 0 N–H and O–H groups in total. The van der Waals surface area contributed by atoms with Gasteiger partial charge >= 0.3 is 0 Å². The highest BCUT2D eigenvalue weighted by Gasteiger charge is 2.38. The van der Waals surface area contributed by atoms with Gasteiger partial charge in [0.2, 0.25) is 0 Å². The normalized spacial score (nSPS) is 16.1. The largest absolute Gasteiger partial charge is 0.229 e. The van der Waals surface area contributed by atoms with E-state index in [1.807, 2.05) is 6.92 Å². The topological polar surface area (TPSA) is 68.3 Å². The molecular weight excluding hydrogens is 248 g/mol. The Morgan fingerprint density at radius 1 is 1.12 bits per heavy atom. The van der Waals surface area contributed by atoms with E-state index in [1.54, 1.807) is 13.8 Å². The molecule has 98 valence electrons. The van der Waals surface area contributed by atoms with Crippen molar-refractivity contribution in [3.63, 3.8) is 0 Å². The minimum atomic E-state index is -3.41. The van der Waals surface area contributed by atoms with Crippen molar-refractivity contribution in [2.24, 2.45) is 0 Å². The first-order valence-electron chi connectivity index (χ1n) is 5.35. The molecule has 4 nitrogen and oxygen atoms in total. The first-order chi connectivity index (χ1) is 6.94. The molecule has 0 saturated carbocycles. The van der Waals surface area contributed by atoms with Crippen LogP contribution in [-0.2, 0) is 19.7 Å². The van der Waals surface area contributed by atoms with Crippen molar-refractivity contribution >= 4 is 19.7 Å². The lowest BCUT2D eigenvalue weighted by molar-refractivity contribution is 0.514. The minimum absolute atomic E-state index is 0.303. The molecule has 0 rings (SSSR count). The average molecular weight is 270 g/mol. The molecule has 0 heterocycles. The van der Waals surface area contributed by atoms with Crippen molar-refractivity contribution in [3.05, 3.63) is 0 Å². The van der Waals surface area contributed by atoms with E-state index in [4.69, 9.17) is 0 Å². The summed E-state index contributed by atoms with van der Waals surface area (Å²) < 4.78 is 45.7. The van der Waals surface area contributed by atoms with Gasteiger partial charge in [-0.05, 0) is 27.2 Å². The highest BCUT2D eigenvalue weighted by atomic mass is 32.2. The zero-order valence-electron chi connectivity index (χ0n) is 10.6.